The van der Waals surface area contributed by atoms with E-state index in [1.165, 1.54) is 18.2 Å². The molecule has 0 fully saturated rings. The fourth-order valence-corrected chi connectivity index (χ4v) is 2.05. The van der Waals surface area contributed by atoms with Crippen molar-refractivity contribution in [1.29, 1.82) is 0 Å². The molecule has 0 aliphatic rings. The van der Waals surface area contributed by atoms with E-state index in [-0.39, 0.29) is 12.1 Å². The highest BCUT2D eigenvalue weighted by Crippen LogP contribution is 2.19. The van der Waals surface area contributed by atoms with Gasteiger partial charge < -0.3 is 0 Å². The molecule has 0 saturated heterocycles. The van der Waals surface area contributed by atoms with Gasteiger partial charge in [-0.3, -0.25) is 4.68 Å². The van der Waals surface area contributed by atoms with Crippen molar-refractivity contribution < 1.29 is 8.78 Å². The number of hydrogen-bond donors (Lipinski definition) is 0. The molecular formula is C12H11F2IN2. The van der Waals surface area contributed by atoms with Crippen molar-refractivity contribution in [3.8, 4) is 0 Å². The van der Waals surface area contributed by atoms with Gasteiger partial charge in [-0.25, -0.2) is 8.78 Å². The molecule has 2 aromatic rings. The first-order valence-corrected chi connectivity index (χ1v) is 6.21. The Morgan fingerprint density at radius 3 is 2.29 bits per heavy atom. The Morgan fingerprint density at radius 2 is 1.82 bits per heavy atom. The van der Waals surface area contributed by atoms with Crippen molar-refractivity contribution in [2.24, 2.45) is 0 Å². The van der Waals surface area contributed by atoms with E-state index in [0.29, 0.717) is 0 Å². The Labute approximate surface area is 112 Å². The van der Waals surface area contributed by atoms with Crippen LogP contribution in [0.15, 0.2) is 18.2 Å². The third kappa shape index (κ3) is 2.34. The van der Waals surface area contributed by atoms with Gasteiger partial charge in [0.05, 0.1) is 15.8 Å². The summed E-state index contributed by atoms with van der Waals surface area (Å²) >= 11 is 2.18. The quantitative estimate of drug-likeness (QED) is 0.761. The fraction of sp³-hybridized carbons (Fsp3) is 0.250. The molecule has 1 heterocycles. The van der Waals surface area contributed by atoms with E-state index >= 15 is 0 Å². The standard InChI is InChI=1S/C12H11F2IN2/c1-7-12(15)8(2)17(16-7)6-9-10(13)4-3-5-11(9)14/h3-5H,6H2,1-2H3. The van der Waals surface area contributed by atoms with Crippen LogP contribution in [0, 0.1) is 29.1 Å². The van der Waals surface area contributed by atoms with Crippen LogP contribution in [0.5, 0.6) is 0 Å². The molecule has 0 aliphatic carbocycles. The lowest BCUT2D eigenvalue weighted by molar-refractivity contribution is 0.528. The molecule has 2 nitrogen and oxygen atoms in total. The SMILES string of the molecule is Cc1nn(Cc2c(F)cccc2F)c(C)c1I. The summed E-state index contributed by atoms with van der Waals surface area (Å²) < 4.78 is 29.6. The van der Waals surface area contributed by atoms with Crippen molar-refractivity contribution in [2.75, 3.05) is 0 Å². The van der Waals surface area contributed by atoms with Gasteiger partial charge in [-0.2, -0.15) is 5.10 Å². The maximum atomic E-state index is 13.5. The van der Waals surface area contributed by atoms with E-state index < -0.39 is 11.6 Å². The Balaban J connectivity index is 2.41. The van der Waals surface area contributed by atoms with E-state index in [4.69, 9.17) is 0 Å². The summed E-state index contributed by atoms with van der Waals surface area (Å²) in [7, 11) is 0. The Kier molecular flexibility index (Phi) is 3.46. The van der Waals surface area contributed by atoms with Crippen molar-refractivity contribution >= 4 is 22.6 Å². The smallest absolute Gasteiger partial charge is 0.131 e. The van der Waals surface area contributed by atoms with Gasteiger partial charge in [-0.1, -0.05) is 6.07 Å². The van der Waals surface area contributed by atoms with Crippen LogP contribution in [0.25, 0.3) is 0 Å². The molecule has 1 aromatic heterocycles. The maximum Gasteiger partial charge on any atom is 0.131 e. The summed E-state index contributed by atoms with van der Waals surface area (Å²) in [5.74, 6) is -1.07. The molecule has 0 unspecified atom stereocenters. The van der Waals surface area contributed by atoms with Crippen LogP contribution in [0.2, 0.25) is 0 Å². The third-order valence-corrected chi connectivity index (χ3v) is 4.22. The molecule has 0 saturated carbocycles. The topological polar surface area (TPSA) is 17.8 Å². The van der Waals surface area contributed by atoms with Gasteiger partial charge in [0.2, 0.25) is 0 Å². The average molecular weight is 348 g/mol. The maximum absolute atomic E-state index is 13.5. The van der Waals surface area contributed by atoms with Crippen molar-refractivity contribution in [2.45, 2.75) is 20.4 Å². The molecule has 0 spiro atoms. The zero-order valence-electron chi connectivity index (χ0n) is 9.47. The zero-order chi connectivity index (χ0) is 12.6. The second-order valence-electron chi connectivity index (χ2n) is 3.84. The summed E-state index contributed by atoms with van der Waals surface area (Å²) in [5, 5.41) is 4.26. The minimum atomic E-state index is -0.535. The number of hydrogen-bond acceptors (Lipinski definition) is 1. The van der Waals surface area contributed by atoms with Crippen LogP contribution >= 0.6 is 22.6 Å². The summed E-state index contributed by atoms with van der Waals surface area (Å²) in [6.45, 7) is 3.89. The van der Waals surface area contributed by atoms with Gasteiger partial charge in [-0.15, -0.1) is 0 Å². The number of rotatable bonds is 2. The second kappa shape index (κ2) is 4.72. The molecule has 17 heavy (non-hydrogen) atoms. The van der Waals surface area contributed by atoms with Crippen LogP contribution in [0.4, 0.5) is 8.78 Å². The number of aryl methyl sites for hydroxylation is 1. The van der Waals surface area contributed by atoms with Crippen molar-refractivity contribution in [1.82, 2.24) is 9.78 Å². The fourth-order valence-electron chi connectivity index (χ4n) is 1.66. The van der Waals surface area contributed by atoms with Gasteiger partial charge in [0, 0.05) is 11.3 Å². The average Bonchev–Trinajstić information content (AvgIpc) is 2.52. The predicted octanol–water partition coefficient (Wildman–Crippen LogP) is 3.43. The molecule has 0 aliphatic heterocycles. The van der Waals surface area contributed by atoms with Gasteiger partial charge in [0.25, 0.3) is 0 Å². The Morgan fingerprint density at radius 1 is 1.24 bits per heavy atom. The van der Waals surface area contributed by atoms with Crippen LogP contribution in [-0.2, 0) is 6.54 Å². The molecule has 0 amide bonds. The Bertz CT molecular complexity index is 544. The van der Waals surface area contributed by atoms with Crippen molar-refractivity contribution in [3.63, 3.8) is 0 Å². The highest BCUT2D eigenvalue weighted by atomic mass is 127. The van der Waals surface area contributed by atoms with E-state index in [1.54, 1.807) is 4.68 Å². The lowest BCUT2D eigenvalue weighted by Gasteiger charge is -2.07. The van der Waals surface area contributed by atoms with E-state index in [2.05, 4.69) is 27.7 Å². The van der Waals surface area contributed by atoms with E-state index in [1.807, 2.05) is 13.8 Å². The molecule has 0 radical (unpaired) electrons. The highest BCUT2D eigenvalue weighted by molar-refractivity contribution is 14.1. The van der Waals surface area contributed by atoms with Gasteiger partial charge in [0.1, 0.15) is 11.6 Å². The van der Waals surface area contributed by atoms with Gasteiger partial charge in [-0.05, 0) is 48.6 Å². The highest BCUT2D eigenvalue weighted by Gasteiger charge is 2.13. The zero-order valence-corrected chi connectivity index (χ0v) is 11.6. The van der Waals surface area contributed by atoms with Gasteiger partial charge in [0.15, 0.2) is 0 Å². The number of halogens is 3. The molecule has 0 bridgehead atoms. The number of aromatic nitrogens is 2. The van der Waals surface area contributed by atoms with Crippen LogP contribution in [-0.4, -0.2) is 9.78 Å². The first-order valence-electron chi connectivity index (χ1n) is 5.13. The van der Waals surface area contributed by atoms with E-state index in [0.717, 1.165) is 15.0 Å². The van der Waals surface area contributed by atoms with Crippen molar-refractivity contribution in [3.05, 3.63) is 50.4 Å². The summed E-state index contributed by atoms with van der Waals surface area (Å²) in [6.07, 6.45) is 0. The molecule has 2 rings (SSSR count). The van der Waals surface area contributed by atoms with Crippen LogP contribution in [0.1, 0.15) is 17.0 Å². The third-order valence-electron chi connectivity index (χ3n) is 2.66. The minimum absolute atomic E-state index is 0.0505. The largest absolute Gasteiger partial charge is 0.264 e. The molecule has 90 valence electrons. The first-order chi connectivity index (χ1) is 8.00. The minimum Gasteiger partial charge on any atom is -0.264 e. The summed E-state index contributed by atoms with van der Waals surface area (Å²) in [4.78, 5) is 0. The van der Waals surface area contributed by atoms with Crippen LogP contribution < -0.4 is 0 Å². The molecule has 0 N–H and O–H groups in total. The lowest BCUT2D eigenvalue weighted by atomic mass is 10.2. The second-order valence-corrected chi connectivity index (χ2v) is 4.92. The first kappa shape index (κ1) is 12.5. The summed E-state index contributed by atoms with van der Waals surface area (Å²) in [5.41, 5.74) is 1.85. The molecular weight excluding hydrogens is 337 g/mol. The van der Waals surface area contributed by atoms with Gasteiger partial charge >= 0.3 is 0 Å². The molecule has 1 aromatic carbocycles. The summed E-state index contributed by atoms with van der Waals surface area (Å²) in [6, 6.07) is 3.88. The van der Waals surface area contributed by atoms with E-state index in [9.17, 15) is 8.78 Å². The normalized spacial score (nSPS) is 10.9. The van der Waals surface area contributed by atoms with Crippen LogP contribution in [0.3, 0.4) is 0 Å². The molecule has 0 atom stereocenters. The lowest BCUT2D eigenvalue weighted by Crippen LogP contribution is -2.08. The molecule has 5 heteroatoms. The Hall–Kier alpha value is -0.980. The monoisotopic (exact) mass is 348 g/mol. The number of benzene rings is 1. The predicted molar refractivity (Wildman–Crippen MR) is 69.9 cm³/mol. The number of nitrogens with zero attached hydrogens (tertiary/aromatic N) is 2.